The van der Waals surface area contributed by atoms with Crippen molar-refractivity contribution in [2.75, 3.05) is 13.2 Å². The summed E-state index contributed by atoms with van der Waals surface area (Å²) in [6, 6.07) is 14.3. The molecule has 5 nitrogen and oxygen atoms in total. The van der Waals surface area contributed by atoms with E-state index in [0.717, 1.165) is 11.1 Å². The average molecular weight is 472 g/mol. The van der Waals surface area contributed by atoms with Crippen molar-refractivity contribution >= 4 is 41.3 Å². The lowest BCUT2D eigenvalue weighted by atomic mass is 10.1. The minimum absolute atomic E-state index is 0.195. The zero-order valence-electron chi connectivity index (χ0n) is 17.6. The predicted octanol–water partition coefficient (Wildman–Crippen LogP) is 6.72. The molecule has 0 unspecified atom stereocenters. The molecule has 0 aliphatic rings. The molecule has 0 fully saturated rings. The number of benzene rings is 2. The van der Waals surface area contributed by atoms with Crippen molar-refractivity contribution in [2.45, 2.75) is 19.8 Å². The van der Waals surface area contributed by atoms with Crippen molar-refractivity contribution < 1.29 is 19.0 Å². The van der Waals surface area contributed by atoms with Crippen LogP contribution in [-0.4, -0.2) is 24.2 Å². The molecule has 3 rings (SSSR count). The van der Waals surface area contributed by atoms with Gasteiger partial charge >= 0.3 is 5.97 Å². The van der Waals surface area contributed by atoms with Gasteiger partial charge in [0.2, 0.25) is 0 Å². The van der Waals surface area contributed by atoms with E-state index in [9.17, 15) is 4.79 Å². The first-order valence-corrected chi connectivity index (χ1v) is 10.9. The Balaban J connectivity index is 1.54. The van der Waals surface area contributed by atoms with Gasteiger partial charge in [-0.3, -0.25) is 9.78 Å². The Labute approximate surface area is 197 Å². The summed E-state index contributed by atoms with van der Waals surface area (Å²) >= 11 is 11.9. The van der Waals surface area contributed by atoms with E-state index in [-0.39, 0.29) is 12.4 Å². The minimum atomic E-state index is -0.364. The number of hydrogen-bond donors (Lipinski definition) is 0. The second-order valence-corrected chi connectivity index (χ2v) is 7.60. The van der Waals surface area contributed by atoms with Crippen LogP contribution in [0, 0.1) is 0 Å². The molecule has 2 aromatic carbocycles. The second kappa shape index (κ2) is 12.1. The van der Waals surface area contributed by atoms with Crippen LogP contribution >= 0.6 is 23.2 Å². The Bertz CT molecular complexity index is 1070. The van der Waals surface area contributed by atoms with Crippen molar-refractivity contribution in [1.82, 2.24) is 4.98 Å². The van der Waals surface area contributed by atoms with Gasteiger partial charge in [-0.25, -0.2) is 0 Å². The number of carbonyl (C=O) groups excluding carboxylic acids is 1. The molecule has 0 radical (unpaired) electrons. The van der Waals surface area contributed by atoms with E-state index in [1.165, 1.54) is 0 Å². The van der Waals surface area contributed by atoms with E-state index in [4.69, 9.17) is 37.4 Å². The maximum Gasteiger partial charge on any atom is 0.311 e. The lowest BCUT2D eigenvalue weighted by molar-refractivity contribution is -0.134. The summed E-state index contributed by atoms with van der Waals surface area (Å²) in [6.07, 6.45) is 8.09. The fourth-order valence-corrected chi connectivity index (χ4v) is 3.28. The van der Waals surface area contributed by atoms with Crippen molar-refractivity contribution in [1.29, 1.82) is 0 Å². The van der Waals surface area contributed by atoms with Gasteiger partial charge in [0.25, 0.3) is 0 Å². The predicted molar refractivity (Wildman–Crippen MR) is 128 cm³/mol. The van der Waals surface area contributed by atoms with Gasteiger partial charge in [-0.2, -0.15) is 0 Å². The van der Waals surface area contributed by atoms with Crippen LogP contribution in [0.5, 0.6) is 17.2 Å². The molecule has 3 aromatic rings. The van der Waals surface area contributed by atoms with Crippen LogP contribution < -0.4 is 14.2 Å². The maximum atomic E-state index is 12.3. The SMILES string of the molecule is CCOc1cc(/C=C/c2ccncc2)ccc1OC(=O)CCCOc1ccc(Cl)cc1Cl. The second-order valence-electron chi connectivity index (χ2n) is 6.75. The standard InChI is InChI=1S/C25H23Cl2NO4/c1-2-30-24-16-19(6-5-18-11-13-28-14-12-18)7-9-23(24)32-25(29)4-3-15-31-22-10-8-20(26)17-21(22)27/h5-14,16-17H,2-4,15H2,1H3/b6-5+. The van der Waals surface area contributed by atoms with Gasteiger partial charge in [0, 0.05) is 23.8 Å². The van der Waals surface area contributed by atoms with Crippen molar-refractivity contribution in [3.8, 4) is 17.2 Å². The van der Waals surface area contributed by atoms with Gasteiger partial charge in [0.15, 0.2) is 11.5 Å². The molecule has 0 saturated heterocycles. The number of esters is 1. The van der Waals surface area contributed by atoms with E-state index in [1.54, 1.807) is 36.7 Å². The zero-order chi connectivity index (χ0) is 22.8. The van der Waals surface area contributed by atoms with Crippen LogP contribution in [0.3, 0.4) is 0 Å². The molecule has 0 saturated carbocycles. The Hall–Kier alpha value is -3.02. The number of halogens is 2. The molecular formula is C25H23Cl2NO4. The van der Waals surface area contributed by atoms with E-state index >= 15 is 0 Å². The summed E-state index contributed by atoms with van der Waals surface area (Å²) in [4.78, 5) is 16.3. The van der Waals surface area contributed by atoms with Gasteiger partial charge in [-0.05, 0) is 66.9 Å². The minimum Gasteiger partial charge on any atom is -0.492 e. The third-order valence-electron chi connectivity index (χ3n) is 4.34. The number of ether oxygens (including phenoxy) is 3. The molecule has 0 aliphatic carbocycles. The topological polar surface area (TPSA) is 57.7 Å². The first-order valence-electron chi connectivity index (χ1n) is 10.2. The third-order valence-corrected chi connectivity index (χ3v) is 4.87. The van der Waals surface area contributed by atoms with E-state index < -0.39 is 0 Å². The van der Waals surface area contributed by atoms with Crippen LogP contribution in [0.1, 0.15) is 30.9 Å². The number of nitrogens with zero attached hydrogens (tertiary/aromatic N) is 1. The van der Waals surface area contributed by atoms with E-state index in [1.807, 2.05) is 43.3 Å². The summed E-state index contributed by atoms with van der Waals surface area (Å²) in [5.74, 6) is 1.07. The molecule has 0 spiro atoms. The van der Waals surface area contributed by atoms with Crippen LogP contribution in [0.2, 0.25) is 10.0 Å². The molecule has 0 amide bonds. The first kappa shape index (κ1) is 23.6. The fraction of sp³-hybridized carbons (Fsp3) is 0.200. The van der Waals surface area contributed by atoms with Crippen LogP contribution in [0.15, 0.2) is 60.9 Å². The van der Waals surface area contributed by atoms with Crippen LogP contribution in [0.25, 0.3) is 12.2 Å². The molecule has 1 aromatic heterocycles. The highest BCUT2D eigenvalue weighted by Gasteiger charge is 2.11. The van der Waals surface area contributed by atoms with Gasteiger partial charge in [0.05, 0.1) is 18.2 Å². The highest BCUT2D eigenvalue weighted by atomic mass is 35.5. The van der Waals surface area contributed by atoms with Gasteiger partial charge in [-0.15, -0.1) is 0 Å². The van der Waals surface area contributed by atoms with E-state index in [0.29, 0.717) is 46.9 Å². The van der Waals surface area contributed by atoms with Crippen LogP contribution in [0.4, 0.5) is 0 Å². The zero-order valence-corrected chi connectivity index (χ0v) is 19.1. The molecule has 0 bridgehead atoms. The summed E-state index contributed by atoms with van der Waals surface area (Å²) in [7, 11) is 0. The summed E-state index contributed by atoms with van der Waals surface area (Å²) < 4.78 is 16.8. The molecule has 0 aliphatic heterocycles. The molecule has 1 heterocycles. The van der Waals surface area contributed by atoms with Gasteiger partial charge in [0.1, 0.15) is 5.75 Å². The molecule has 0 N–H and O–H groups in total. The van der Waals surface area contributed by atoms with E-state index in [2.05, 4.69) is 4.98 Å². The first-order chi connectivity index (χ1) is 15.5. The number of hydrogen-bond acceptors (Lipinski definition) is 5. The van der Waals surface area contributed by atoms with Crippen molar-refractivity contribution in [2.24, 2.45) is 0 Å². The highest BCUT2D eigenvalue weighted by Crippen LogP contribution is 2.30. The smallest absolute Gasteiger partial charge is 0.311 e. The lowest BCUT2D eigenvalue weighted by Crippen LogP contribution is -2.11. The molecular weight excluding hydrogens is 449 g/mol. The van der Waals surface area contributed by atoms with Crippen LogP contribution in [-0.2, 0) is 4.79 Å². The molecule has 32 heavy (non-hydrogen) atoms. The van der Waals surface area contributed by atoms with Crippen molar-refractivity contribution in [3.63, 3.8) is 0 Å². The van der Waals surface area contributed by atoms with Crippen molar-refractivity contribution in [3.05, 3.63) is 82.1 Å². The number of carbonyl (C=O) groups is 1. The number of aromatic nitrogens is 1. The Morgan fingerprint density at radius 3 is 2.41 bits per heavy atom. The Morgan fingerprint density at radius 1 is 0.906 bits per heavy atom. The van der Waals surface area contributed by atoms with Gasteiger partial charge in [-0.1, -0.05) is 41.4 Å². The lowest BCUT2D eigenvalue weighted by Gasteiger charge is -2.12. The number of pyridine rings is 1. The molecule has 0 atom stereocenters. The van der Waals surface area contributed by atoms with Gasteiger partial charge < -0.3 is 14.2 Å². The summed E-state index contributed by atoms with van der Waals surface area (Å²) in [6.45, 7) is 2.66. The number of rotatable bonds is 10. The quantitative estimate of drug-likeness (QED) is 0.186. The monoisotopic (exact) mass is 471 g/mol. The maximum absolute atomic E-state index is 12.3. The summed E-state index contributed by atoms with van der Waals surface area (Å²) in [5.41, 5.74) is 1.97. The molecule has 166 valence electrons. The summed E-state index contributed by atoms with van der Waals surface area (Å²) in [5, 5.41) is 0.967. The normalized spacial score (nSPS) is 10.8. The Morgan fingerprint density at radius 2 is 1.66 bits per heavy atom. The third kappa shape index (κ3) is 7.29. The largest absolute Gasteiger partial charge is 0.492 e. The average Bonchev–Trinajstić information content (AvgIpc) is 2.79. The molecule has 7 heteroatoms. The Kier molecular flexibility index (Phi) is 8.96. The fourth-order valence-electron chi connectivity index (χ4n) is 2.81. The highest BCUT2D eigenvalue weighted by molar-refractivity contribution is 6.35.